The molecule has 8 heteroatoms. The number of esters is 1. The Morgan fingerprint density at radius 2 is 1.91 bits per heavy atom. The van der Waals surface area contributed by atoms with E-state index in [1.165, 1.54) is 15.9 Å². The second-order valence-electron chi connectivity index (χ2n) is 8.20. The zero-order valence-electron chi connectivity index (χ0n) is 20.1. The van der Waals surface area contributed by atoms with Gasteiger partial charge in [-0.25, -0.2) is 9.79 Å². The lowest BCUT2D eigenvalue weighted by Crippen LogP contribution is -2.40. The Morgan fingerprint density at radius 3 is 2.63 bits per heavy atom. The molecule has 0 amide bonds. The third-order valence-electron chi connectivity index (χ3n) is 5.83. The van der Waals surface area contributed by atoms with Crippen molar-refractivity contribution in [2.45, 2.75) is 46.3 Å². The van der Waals surface area contributed by atoms with Gasteiger partial charge in [0.2, 0.25) is 0 Å². The fourth-order valence-electron chi connectivity index (χ4n) is 3.93. The van der Waals surface area contributed by atoms with E-state index in [-0.39, 0.29) is 18.3 Å². The Morgan fingerprint density at radius 1 is 1.20 bits per heavy atom. The molecule has 0 N–H and O–H groups in total. The summed E-state index contributed by atoms with van der Waals surface area (Å²) in [6, 6.07) is 14.1. The molecule has 3 aromatic rings. The highest BCUT2D eigenvalue weighted by molar-refractivity contribution is 7.07. The number of carbonyl (C=O) groups excluding carboxylic acids is 1. The van der Waals surface area contributed by atoms with Gasteiger partial charge in [0, 0.05) is 10.6 Å². The van der Waals surface area contributed by atoms with Crippen LogP contribution in [0.2, 0.25) is 5.02 Å². The first-order chi connectivity index (χ1) is 16.8. The minimum absolute atomic E-state index is 0.0424. The van der Waals surface area contributed by atoms with Crippen molar-refractivity contribution >= 4 is 35.0 Å². The predicted molar refractivity (Wildman–Crippen MR) is 139 cm³/mol. The number of para-hydroxylation sites is 1. The number of carbonyl (C=O) groups is 1. The van der Waals surface area contributed by atoms with Crippen LogP contribution in [-0.2, 0) is 9.53 Å². The van der Waals surface area contributed by atoms with Crippen molar-refractivity contribution < 1.29 is 14.3 Å². The molecule has 35 heavy (non-hydrogen) atoms. The van der Waals surface area contributed by atoms with E-state index in [2.05, 4.69) is 11.9 Å². The predicted octanol–water partition coefficient (Wildman–Crippen LogP) is 4.63. The molecule has 2 heterocycles. The second kappa shape index (κ2) is 10.6. The normalized spacial score (nSPS) is 16.5. The van der Waals surface area contributed by atoms with Gasteiger partial charge in [-0.05, 0) is 51.0 Å². The molecular formula is C27H27ClN2O4S. The van der Waals surface area contributed by atoms with Crippen LogP contribution in [0.5, 0.6) is 5.75 Å². The maximum atomic E-state index is 13.8. The van der Waals surface area contributed by atoms with E-state index < -0.39 is 12.0 Å². The summed E-state index contributed by atoms with van der Waals surface area (Å²) in [5.74, 6) is 0.194. The lowest BCUT2D eigenvalue weighted by molar-refractivity contribution is -0.139. The second-order valence-corrected chi connectivity index (χ2v) is 9.61. The van der Waals surface area contributed by atoms with Crippen molar-refractivity contribution in [1.82, 2.24) is 4.57 Å². The van der Waals surface area contributed by atoms with Crippen LogP contribution in [0.4, 0.5) is 0 Å². The number of nitrogens with zero attached hydrogens (tertiary/aromatic N) is 2. The summed E-state index contributed by atoms with van der Waals surface area (Å²) in [5, 5.41) is 0.455. The standard InChI is InChI=1S/C27H27ClN2O4S/c1-5-16(3)34-21-14-10-7-11-18(21)15-22-25(31)30-24(19-12-8-9-13-20(19)28)23(26(32)33-6-2)17(4)29-27(30)35-22/h7-16,24H,5-6H2,1-4H3/b22-15-/t16-,24+/m1/s1. The lowest BCUT2D eigenvalue weighted by Gasteiger charge is -2.25. The molecule has 1 aliphatic rings. The van der Waals surface area contributed by atoms with E-state index in [0.29, 0.717) is 36.9 Å². The van der Waals surface area contributed by atoms with Gasteiger partial charge in [0.25, 0.3) is 5.56 Å². The molecule has 0 spiro atoms. The van der Waals surface area contributed by atoms with Gasteiger partial charge in [-0.2, -0.15) is 0 Å². The van der Waals surface area contributed by atoms with Crippen molar-refractivity contribution in [3.8, 4) is 5.75 Å². The van der Waals surface area contributed by atoms with Crippen LogP contribution >= 0.6 is 22.9 Å². The van der Waals surface area contributed by atoms with Crippen LogP contribution in [0.25, 0.3) is 6.08 Å². The average Bonchev–Trinajstić information content (AvgIpc) is 3.14. The first kappa shape index (κ1) is 24.9. The highest BCUT2D eigenvalue weighted by Gasteiger charge is 2.34. The Hall–Kier alpha value is -3.16. The van der Waals surface area contributed by atoms with Gasteiger partial charge < -0.3 is 9.47 Å². The SMILES string of the molecule is CCOC(=O)C1=C(C)N=c2s/c(=C\c3ccccc3O[C@H](C)CC)c(=O)n2[C@H]1c1ccccc1Cl. The zero-order valence-corrected chi connectivity index (χ0v) is 21.7. The molecule has 1 aliphatic heterocycles. The number of hydrogen-bond acceptors (Lipinski definition) is 6. The maximum Gasteiger partial charge on any atom is 0.338 e. The lowest BCUT2D eigenvalue weighted by atomic mass is 9.96. The quantitative estimate of drug-likeness (QED) is 0.434. The molecule has 0 saturated heterocycles. The van der Waals surface area contributed by atoms with Crippen molar-refractivity contribution in [1.29, 1.82) is 0 Å². The van der Waals surface area contributed by atoms with Crippen LogP contribution in [0.1, 0.15) is 51.3 Å². The van der Waals surface area contributed by atoms with Gasteiger partial charge in [-0.1, -0.05) is 66.3 Å². The Bertz CT molecular complexity index is 1470. The third-order valence-corrected chi connectivity index (χ3v) is 7.15. The molecule has 182 valence electrons. The molecule has 0 saturated carbocycles. The fraction of sp³-hybridized carbons (Fsp3) is 0.296. The monoisotopic (exact) mass is 510 g/mol. The number of aromatic nitrogens is 1. The number of fused-ring (bicyclic) bond motifs is 1. The van der Waals surface area contributed by atoms with E-state index in [1.807, 2.05) is 55.5 Å². The van der Waals surface area contributed by atoms with Crippen LogP contribution in [0.15, 0.2) is 69.6 Å². The number of ether oxygens (including phenoxy) is 2. The van der Waals surface area contributed by atoms with Crippen LogP contribution in [0, 0.1) is 0 Å². The largest absolute Gasteiger partial charge is 0.490 e. The topological polar surface area (TPSA) is 69.9 Å². The number of rotatable bonds is 7. The fourth-order valence-corrected chi connectivity index (χ4v) is 5.21. The summed E-state index contributed by atoms with van der Waals surface area (Å²) in [6.45, 7) is 7.77. The molecule has 6 nitrogen and oxygen atoms in total. The summed E-state index contributed by atoms with van der Waals surface area (Å²) in [4.78, 5) is 31.8. The van der Waals surface area contributed by atoms with Gasteiger partial charge >= 0.3 is 5.97 Å². The Labute approximate surface area is 212 Å². The summed E-state index contributed by atoms with van der Waals surface area (Å²) in [6.07, 6.45) is 2.72. The molecule has 2 atom stereocenters. The van der Waals surface area contributed by atoms with E-state index in [9.17, 15) is 9.59 Å². The minimum Gasteiger partial charge on any atom is -0.490 e. The number of allylic oxidation sites excluding steroid dienone is 1. The van der Waals surface area contributed by atoms with Gasteiger partial charge in [-0.3, -0.25) is 9.36 Å². The maximum absolute atomic E-state index is 13.8. The molecule has 0 aliphatic carbocycles. The molecule has 2 aromatic carbocycles. The smallest absolute Gasteiger partial charge is 0.338 e. The van der Waals surface area contributed by atoms with Gasteiger partial charge in [0.1, 0.15) is 11.8 Å². The highest BCUT2D eigenvalue weighted by atomic mass is 35.5. The van der Waals surface area contributed by atoms with Crippen molar-refractivity contribution in [3.63, 3.8) is 0 Å². The molecule has 1 aromatic heterocycles. The average molecular weight is 511 g/mol. The molecule has 0 unspecified atom stereocenters. The Balaban J connectivity index is 1.93. The molecule has 4 rings (SSSR count). The van der Waals surface area contributed by atoms with E-state index in [4.69, 9.17) is 21.1 Å². The van der Waals surface area contributed by atoms with Crippen LogP contribution < -0.4 is 19.6 Å². The summed E-state index contributed by atoms with van der Waals surface area (Å²) >= 11 is 7.82. The van der Waals surface area contributed by atoms with Crippen molar-refractivity contribution in [2.24, 2.45) is 4.99 Å². The molecule has 0 radical (unpaired) electrons. The number of hydrogen-bond donors (Lipinski definition) is 0. The highest BCUT2D eigenvalue weighted by Crippen LogP contribution is 2.34. The number of halogens is 1. The molecule has 0 fully saturated rings. The molecule has 0 bridgehead atoms. The first-order valence-corrected chi connectivity index (χ1v) is 12.7. The van der Waals surface area contributed by atoms with Gasteiger partial charge in [-0.15, -0.1) is 0 Å². The number of thiazole rings is 1. The van der Waals surface area contributed by atoms with Crippen molar-refractivity contribution in [2.75, 3.05) is 6.61 Å². The molecular weight excluding hydrogens is 484 g/mol. The number of benzene rings is 2. The van der Waals surface area contributed by atoms with E-state index >= 15 is 0 Å². The summed E-state index contributed by atoms with van der Waals surface area (Å²) in [5.41, 5.74) is 1.99. The zero-order chi connectivity index (χ0) is 25.1. The van der Waals surface area contributed by atoms with Gasteiger partial charge in [0.15, 0.2) is 4.80 Å². The first-order valence-electron chi connectivity index (χ1n) is 11.5. The third kappa shape index (κ3) is 4.97. The van der Waals surface area contributed by atoms with Crippen molar-refractivity contribution in [3.05, 3.63) is 95.6 Å². The van der Waals surface area contributed by atoms with Gasteiger partial charge in [0.05, 0.1) is 28.5 Å². The van der Waals surface area contributed by atoms with Crippen LogP contribution in [0.3, 0.4) is 0 Å². The van der Waals surface area contributed by atoms with E-state index in [1.54, 1.807) is 19.9 Å². The van der Waals surface area contributed by atoms with Crippen LogP contribution in [-0.4, -0.2) is 23.2 Å². The minimum atomic E-state index is -0.743. The Kier molecular flexibility index (Phi) is 7.57. The summed E-state index contributed by atoms with van der Waals surface area (Å²) < 4.78 is 13.4. The van der Waals surface area contributed by atoms with E-state index in [0.717, 1.165) is 12.0 Å². The summed E-state index contributed by atoms with van der Waals surface area (Å²) in [7, 11) is 0.